The molecule has 1 rings (SSSR count). The average molecular weight is 269 g/mol. The molecule has 0 N–H and O–H groups in total. The van der Waals surface area contributed by atoms with Gasteiger partial charge in [0.15, 0.2) is 0 Å². The third-order valence-electron chi connectivity index (χ3n) is 2.82. The summed E-state index contributed by atoms with van der Waals surface area (Å²) in [7, 11) is 0. The van der Waals surface area contributed by atoms with Crippen LogP contribution in [-0.4, -0.2) is 41.8 Å². The highest BCUT2D eigenvalue weighted by Gasteiger charge is 2.36. The van der Waals surface area contributed by atoms with Gasteiger partial charge in [-0.1, -0.05) is 6.58 Å². The minimum absolute atomic E-state index is 0.303. The van der Waals surface area contributed by atoms with E-state index in [1.54, 1.807) is 11.8 Å². The Morgan fingerprint density at radius 3 is 2.53 bits per heavy atom. The topological polar surface area (TPSA) is 55.8 Å². The fourth-order valence-electron chi connectivity index (χ4n) is 2.03. The lowest BCUT2D eigenvalue weighted by atomic mass is 10.1. The molecule has 5 nitrogen and oxygen atoms in total. The van der Waals surface area contributed by atoms with Gasteiger partial charge in [-0.05, 0) is 40.5 Å². The maximum Gasteiger partial charge on any atom is 0.410 e. The van der Waals surface area contributed by atoms with E-state index in [-0.39, 0.29) is 6.04 Å². The number of ether oxygens (including phenoxy) is 2. The predicted octanol–water partition coefficient (Wildman–Crippen LogP) is 2.51. The van der Waals surface area contributed by atoms with Crippen LogP contribution in [0.2, 0.25) is 0 Å². The molecule has 0 aromatic rings. The molecule has 0 saturated carbocycles. The lowest BCUT2D eigenvalue weighted by Gasteiger charge is -2.28. The van der Waals surface area contributed by atoms with Gasteiger partial charge >= 0.3 is 12.1 Å². The van der Waals surface area contributed by atoms with Crippen molar-refractivity contribution in [2.24, 2.45) is 0 Å². The van der Waals surface area contributed by atoms with Crippen molar-refractivity contribution in [3.8, 4) is 0 Å². The van der Waals surface area contributed by atoms with Crippen molar-refractivity contribution >= 4 is 12.1 Å². The van der Waals surface area contributed by atoms with Gasteiger partial charge in [0.25, 0.3) is 0 Å². The Balaban J connectivity index is 2.71. The van der Waals surface area contributed by atoms with E-state index in [0.717, 1.165) is 12.8 Å². The Labute approximate surface area is 114 Å². The minimum Gasteiger partial charge on any atom is -0.463 e. The molecule has 1 atom stereocenters. The first-order chi connectivity index (χ1) is 8.76. The van der Waals surface area contributed by atoms with Crippen molar-refractivity contribution in [2.75, 3.05) is 13.2 Å². The summed E-state index contributed by atoms with van der Waals surface area (Å²) in [6, 6.07) is -0.311. The smallest absolute Gasteiger partial charge is 0.410 e. The maximum atomic E-state index is 12.1. The second-order valence-corrected chi connectivity index (χ2v) is 5.58. The molecule has 0 bridgehead atoms. The zero-order valence-electron chi connectivity index (χ0n) is 12.2. The van der Waals surface area contributed by atoms with Gasteiger partial charge in [-0.15, -0.1) is 0 Å². The van der Waals surface area contributed by atoms with Crippen molar-refractivity contribution in [1.82, 2.24) is 4.90 Å². The normalized spacial score (nSPS) is 19.2. The quantitative estimate of drug-likeness (QED) is 0.583. The molecule has 0 aromatic heterocycles. The van der Waals surface area contributed by atoms with Crippen LogP contribution in [0, 0.1) is 0 Å². The van der Waals surface area contributed by atoms with Gasteiger partial charge in [-0.2, -0.15) is 0 Å². The molecule has 1 fully saturated rings. The van der Waals surface area contributed by atoms with Gasteiger partial charge in [0.1, 0.15) is 5.60 Å². The molecular formula is C14H23NO4. The molecule has 1 heterocycles. The van der Waals surface area contributed by atoms with Crippen LogP contribution in [0.25, 0.3) is 0 Å². The summed E-state index contributed by atoms with van der Waals surface area (Å²) in [5.74, 6) is -0.442. The zero-order chi connectivity index (χ0) is 14.6. The molecule has 0 spiro atoms. The van der Waals surface area contributed by atoms with E-state index >= 15 is 0 Å². The van der Waals surface area contributed by atoms with E-state index < -0.39 is 17.7 Å². The fourth-order valence-corrected chi connectivity index (χ4v) is 2.03. The summed E-state index contributed by atoms with van der Waals surface area (Å²) in [6.07, 6.45) is 1.15. The highest BCUT2D eigenvalue weighted by atomic mass is 16.6. The van der Waals surface area contributed by atoms with E-state index in [0.29, 0.717) is 18.7 Å². The summed E-state index contributed by atoms with van der Waals surface area (Å²) < 4.78 is 10.3. The monoisotopic (exact) mass is 269 g/mol. The molecule has 1 aliphatic rings. The molecule has 19 heavy (non-hydrogen) atoms. The summed E-state index contributed by atoms with van der Waals surface area (Å²) in [5.41, 5.74) is -0.222. The first-order valence-electron chi connectivity index (χ1n) is 6.61. The summed E-state index contributed by atoms with van der Waals surface area (Å²) in [5, 5.41) is 0. The van der Waals surface area contributed by atoms with Crippen molar-refractivity contribution in [2.45, 2.75) is 52.2 Å². The highest BCUT2D eigenvalue weighted by molar-refractivity contribution is 5.90. The van der Waals surface area contributed by atoms with Crippen molar-refractivity contribution < 1.29 is 19.1 Å². The molecule has 0 unspecified atom stereocenters. The second-order valence-electron chi connectivity index (χ2n) is 5.58. The zero-order valence-corrected chi connectivity index (χ0v) is 12.2. The van der Waals surface area contributed by atoms with E-state index in [2.05, 4.69) is 6.58 Å². The first-order valence-corrected chi connectivity index (χ1v) is 6.61. The van der Waals surface area contributed by atoms with Gasteiger partial charge in [-0.3, -0.25) is 0 Å². The number of nitrogens with zero attached hydrogens (tertiary/aromatic N) is 1. The molecule has 0 radical (unpaired) electrons. The van der Waals surface area contributed by atoms with Crippen LogP contribution in [0.5, 0.6) is 0 Å². The Morgan fingerprint density at radius 1 is 1.37 bits per heavy atom. The molecule has 0 aromatic carbocycles. The average Bonchev–Trinajstić information content (AvgIpc) is 2.74. The van der Waals surface area contributed by atoms with Crippen LogP contribution >= 0.6 is 0 Å². The number of carbonyl (C=O) groups excluding carboxylic acids is 2. The largest absolute Gasteiger partial charge is 0.463 e. The number of hydrogen-bond donors (Lipinski definition) is 0. The highest BCUT2D eigenvalue weighted by Crippen LogP contribution is 2.25. The Morgan fingerprint density at radius 2 is 2.00 bits per heavy atom. The van der Waals surface area contributed by atoms with Gasteiger partial charge in [0, 0.05) is 6.54 Å². The lowest BCUT2D eigenvalue weighted by molar-refractivity contribution is -0.139. The van der Waals surface area contributed by atoms with Crippen LogP contribution in [0.1, 0.15) is 40.5 Å². The SMILES string of the molecule is C=C(C(=O)OCC)[C@H]1CCCN1C(=O)OC(C)(C)C. The fraction of sp³-hybridized carbons (Fsp3) is 0.714. The summed E-state index contributed by atoms with van der Waals surface area (Å²) in [6.45, 7) is 11.8. The predicted molar refractivity (Wildman–Crippen MR) is 71.7 cm³/mol. The first kappa shape index (κ1) is 15.5. The van der Waals surface area contributed by atoms with Crippen LogP contribution in [0.15, 0.2) is 12.2 Å². The Kier molecular flexibility index (Phi) is 4.97. The van der Waals surface area contributed by atoms with Crippen molar-refractivity contribution in [3.05, 3.63) is 12.2 Å². The second kappa shape index (κ2) is 6.08. The number of likely N-dealkylation sites (tertiary alicyclic amines) is 1. The molecule has 108 valence electrons. The van der Waals surface area contributed by atoms with Crippen LogP contribution in [0.3, 0.4) is 0 Å². The summed E-state index contributed by atoms with van der Waals surface area (Å²) >= 11 is 0. The summed E-state index contributed by atoms with van der Waals surface area (Å²) in [4.78, 5) is 25.3. The Bertz CT molecular complexity index is 370. The molecule has 5 heteroatoms. The van der Waals surface area contributed by atoms with E-state index in [9.17, 15) is 9.59 Å². The molecule has 1 saturated heterocycles. The van der Waals surface area contributed by atoms with Gasteiger partial charge in [0.2, 0.25) is 0 Å². The van der Waals surface area contributed by atoms with Crippen molar-refractivity contribution in [1.29, 1.82) is 0 Å². The van der Waals surface area contributed by atoms with Crippen molar-refractivity contribution in [3.63, 3.8) is 0 Å². The third kappa shape index (κ3) is 4.26. The van der Waals surface area contributed by atoms with Gasteiger partial charge in [-0.25, -0.2) is 9.59 Å². The van der Waals surface area contributed by atoms with Gasteiger partial charge < -0.3 is 14.4 Å². The van der Waals surface area contributed by atoms with E-state index in [4.69, 9.17) is 9.47 Å². The molecule has 1 aliphatic heterocycles. The van der Waals surface area contributed by atoms with Crippen LogP contribution in [0.4, 0.5) is 4.79 Å². The number of rotatable bonds is 3. The van der Waals surface area contributed by atoms with E-state index in [1.165, 1.54) is 0 Å². The molecule has 1 amide bonds. The lowest BCUT2D eigenvalue weighted by Crippen LogP contribution is -2.41. The van der Waals surface area contributed by atoms with Gasteiger partial charge in [0.05, 0.1) is 18.2 Å². The molecule has 0 aliphatic carbocycles. The Hall–Kier alpha value is -1.52. The maximum absolute atomic E-state index is 12.1. The minimum atomic E-state index is -0.546. The number of esters is 1. The standard InChI is InChI=1S/C14H23NO4/c1-6-18-12(16)10(2)11-8-7-9-15(11)13(17)19-14(3,4)5/h11H,2,6-9H2,1,3-5H3/t11-/m1/s1. The number of hydrogen-bond acceptors (Lipinski definition) is 4. The van der Waals surface area contributed by atoms with Crippen LogP contribution < -0.4 is 0 Å². The van der Waals surface area contributed by atoms with E-state index in [1.807, 2.05) is 20.8 Å². The number of carbonyl (C=O) groups is 2. The van der Waals surface area contributed by atoms with Crippen LogP contribution in [-0.2, 0) is 14.3 Å². The third-order valence-corrected chi connectivity index (χ3v) is 2.82. The molecular weight excluding hydrogens is 246 g/mol. The number of amides is 1.